The van der Waals surface area contributed by atoms with Crippen molar-refractivity contribution in [3.05, 3.63) is 69.5 Å². The molecule has 0 radical (unpaired) electrons. The summed E-state index contributed by atoms with van der Waals surface area (Å²) in [6, 6.07) is 13.4. The maximum absolute atomic E-state index is 6.06. The molecule has 136 valence electrons. The molecular weight excluding hydrogens is 389 g/mol. The van der Waals surface area contributed by atoms with Crippen molar-refractivity contribution in [2.45, 2.75) is 30.9 Å². The van der Waals surface area contributed by atoms with Gasteiger partial charge in [0.1, 0.15) is 5.75 Å². The van der Waals surface area contributed by atoms with Gasteiger partial charge in [-0.25, -0.2) is 0 Å². The summed E-state index contributed by atoms with van der Waals surface area (Å²) in [5.41, 5.74) is 2.17. The van der Waals surface area contributed by atoms with E-state index in [-0.39, 0.29) is 6.10 Å². The minimum absolute atomic E-state index is 0.224. The van der Waals surface area contributed by atoms with Crippen molar-refractivity contribution in [3.8, 4) is 5.75 Å². The van der Waals surface area contributed by atoms with Crippen LogP contribution in [-0.2, 0) is 12.8 Å². The Hall–Kier alpha value is -1.69. The fourth-order valence-electron chi connectivity index (χ4n) is 2.48. The molecule has 4 nitrogen and oxygen atoms in total. The monoisotopic (exact) mass is 407 g/mol. The van der Waals surface area contributed by atoms with Crippen LogP contribution in [0.2, 0.25) is 10.0 Å². The van der Waals surface area contributed by atoms with Gasteiger partial charge in [0.05, 0.1) is 0 Å². The van der Waals surface area contributed by atoms with Gasteiger partial charge in [0.25, 0.3) is 0 Å². The van der Waals surface area contributed by atoms with E-state index < -0.39 is 0 Å². The summed E-state index contributed by atoms with van der Waals surface area (Å²) in [7, 11) is 1.95. The van der Waals surface area contributed by atoms with Crippen molar-refractivity contribution in [2.75, 3.05) is 0 Å². The number of halogens is 2. The second-order valence-electron chi connectivity index (χ2n) is 5.99. The Morgan fingerprint density at radius 3 is 2.54 bits per heavy atom. The van der Waals surface area contributed by atoms with Crippen molar-refractivity contribution in [2.24, 2.45) is 7.05 Å². The molecule has 0 saturated heterocycles. The highest BCUT2D eigenvalue weighted by molar-refractivity contribution is 7.98. The lowest BCUT2D eigenvalue weighted by molar-refractivity contribution is 0.211. The summed E-state index contributed by atoms with van der Waals surface area (Å²) in [5, 5.41) is 10.9. The Labute approximate surface area is 167 Å². The first kappa shape index (κ1) is 19.1. The van der Waals surface area contributed by atoms with Crippen molar-refractivity contribution in [1.29, 1.82) is 0 Å². The predicted octanol–water partition coefficient (Wildman–Crippen LogP) is 5.86. The largest absolute Gasteiger partial charge is 0.483 e. The topological polar surface area (TPSA) is 39.9 Å². The van der Waals surface area contributed by atoms with Gasteiger partial charge in [-0.3, -0.25) is 0 Å². The molecule has 0 aliphatic heterocycles. The van der Waals surface area contributed by atoms with Crippen LogP contribution in [0.1, 0.15) is 30.0 Å². The van der Waals surface area contributed by atoms with E-state index in [2.05, 4.69) is 10.2 Å². The van der Waals surface area contributed by atoms with Gasteiger partial charge in [-0.2, -0.15) is 0 Å². The number of hydrogen-bond donors (Lipinski definition) is 0. The molecular formula is C19H19Cl2N3OS. The molecule has 0 aliphatic carbocycles. The second kappa shape index (κ2) is 8.33. The number of aryl methyl sites for hydroxylation is 1. The van der Waals surface area contributed by atoms with Gasteiger partial charge in [-0.1, -0.05) is 47.1 Å². The average Bonchev–Trinajstić information content (AvgIpc) is 2.98. The lowest BCUT2D eigenvalue weighted by Gasteiger charge is -2.15. The van der Waals surface area contributed by atoms with E-state index in [0.29, 0.717) is 0 Å². The molecule has 0 amide bonds. The Balaban J connectivity index is 1.67. The molecule has 0 saturated carbocycles. The zero-order valence-electron chi connectivity index (χ0n) is 14.7. The Morgan fingerprint density at radius 2 is 1.85 bits per heavy atom. The van der Waals surface area contributed by atoms with Crippen molar-refractivity contribution < 1.29 is 4.74 Å². The van der Waals surface area contributed by atoms with Gasteiger partial charge in [-0.15, -0.1) is 10.2 Å². The van der Waals surface area contributed by atoms with Crippen LogP contribution in [0.15, 0.2) is 47.6 Å². The van der Waals surface area contributed by atoms with Gasteiger partial charge in [-0.05, 0) is 55.3 Å². The summed E-state index contributed by atoms with van der Waals surface area (Å²) >= 11 is 13.6. The average molecular weight is 408 g/mol. The van der Waals surface area contributed by atoms with Crippen LogP contribution >= 0.6 is 35.0 Å². The molecule has 1 unspecified atom stereocenters. The van der Waals surface area contributed by atoms with Crippen LogP contribution in [0, 0.1) is 6.92 Å². The predicted molar refractivity (Wildman–Crippen MR) is 107 cm³/mol. The summed E-state index contributed by atoms with van der Waals surface area (Å²) in [4.78, 5) is 0. The molecule has 1 atom stereocenters. The maximum Gasteiger partial charge on any atom is 0.191 e. The molecule has 0 spiro atoms. The minimum Gasteiger partial charge on any atom is -0.483 e. The molecule has 0 bridgehead atoms. The Kier molecular flexibility index (Phi) is 6.12. The lowest BCUT2D eigenvalue weighted by atomic mass is 10.2. The van der Waals surface area contributed by atoms with E-state index in [1.165, 1.54) is 5.56 Å². The van der Waals surface area contributed by atoms with Gasteiger partial charge in [0.2, 0.25) is 0 Å². The van der Waals surface area contributed by atoms with Crippen molar-refractivity contribution in [3.63, 3.8) is 0 Å². The smallest absolute Gasteiger partial charge is 0.191 e. The summed E-state index contributed by atoms with van der Waals surface area (Å²) in [6.07, 6.45) is -0.224. The lowest BCUT2D eigenvalue weighted by Crippen LogP contribution is -2.10. The number of benzene rings is 2. The van der Waals surface area contributed by atoms with E-state index in [1.807, 2.05) is 67.9 Å². The summed E-state index contributed by atoms with van der Waals surface area (Å²) in [6.45, 7) is 3.91. The third kappa shape index (κ3) is 4.53. The van der Waals surface area contributed by atoms with Gasteiger partial charge in [0.15, 0.2) is 17.1 Å². The van der Waals surface area contributed by atoms with Crippen LogP contribution in [-0.4, -0.2) is 14.8 Å². The molecule has 0 N–H and O–H groups in total. The zero-order valence-corrected chi connectivity index (χ0v) is 17.1. The van der Waals surface area contributed by atoms with E-state index >= 15 is 0 Å². The van der Waals surface area contributed by atoms with Crippen LogP contribution in [0.25, 0.3) is 0 Å². The first-order chi connectivity index (χ1) is 12.4. The molecule has 2 aromatic carbocycles. The molecule has 3 rings (SSSR count). The Bertz CT molecular complexity index is 896. The molecule has 1 aromatic heterocycles. The third-order valence-corrected chi connectivity index (χ3v) is 5.72. The van der Waals surface area contributed by atoms with Crippen molar-refractivity contribution >= 4 is 35.0 Å². The number of hydrogen-bond acceptors (Lipinski definition) is 4. The molecule has 0 aliphatic rings. The summed E-state index contributed by atoms with van der Waals surface area (Å²) < 4.78 is 7.97. The van der Waals surface area contributed by atoms with Crippen molar-refractivity contribution in [1.82, 2.24) is 14.8 Å². The fourth-order valence-corrected chi connectivity index (χ4v) is 3.60. The molecule has 1 heterocycles. The van der Waals surface area contributed by atoms with Crippen LogP contribution in [0.5, 0.6) is 5.75 Å². The highest BCUT2D eigenvalue weighted by atomic mass is 35.5. The van der Waals surface area contributed by atoms with Crippen LogP contribution in [0.3, 0.4) is 0 Å². The summed E-state index contributed by atoms with van der Waals surface area (Å²) in [5.74, 6) is 2.34. The molecule has 7 heteroatoms. The van der Waals surface area contributed by atoms with E-state index in [0.717, 1.165) is 38.1 Å². The highest BCUT2D eigenvalue weighted by Gasteiger charge is 2.17. The minimum atomic E-state index is -0.224. The normalized spacial score (nSPS) is 12.2. The molecule has 0 fully saturated rings. The number of thioether (sulfide) groups is 1. The van der Waals surface area contributed by atoms with Gasteiger partial charge >= 0.3 is 0 Å². The molecule has 26 heavy (non-hydrogen) atoms. The first-order valence-corrected chi connectivity index (χ1v) is 9.87. The number of ether oxygens (including phenoxy) is 1. The standard InChI is InChI=1S/C19H19Cl2N3OS/c1-12-10-16(8-9-17(12)21)25-13(2)18-22-23-19(24(18)3)26-11-14-4-6-15(20)7-5-14/h4-10,13H,11H2,1-3H3. The first-order valence-electron chi connectivity index (χ1n) is 8.13. The fraction of sp³-hybridized carbons (Fsp3) is 0.263. The zero-order chi connectivity index (χ0) is 18.7. The van der Waals surface area contributed by atoms with Gasteiger partial charge < -0.3 is 9.30 Å². The number of aromatic nitrogens is 3. The van der Waals surface area contributed by atoms with Crippen LogP contribution in [0.4, 0.5) is 0 Å². The SMILES string of the molecule is Cc1cc(OC(C)c2nnc(SCc3ccc(Cl)cc3)n2C)ccc1Cl. The van der Waals surface area contributed by atoms with E-state index in [1.54, 1.807) is 11.8 Å². The highest BCUT2D eigenvalue weighted by Crippen LogP contribution is 2.27. The number of rotatable bonds is 6. The Morgan fingerprint density at radius 1 is 1.12 bits per heavy atom. The number of nitrogens with zero attached hydrogens (tertiary/aromatic N) is 3. The quantitative estimate of drug-likeness (QED) is 0.479. The maximum atomic E-state index is 6.06. The van der Waals surface area contributed by atoms with E-state index in [4.69, 9.17) is 27.9 Å². The van der Waals surface area contributed by atoms with E-state index in [9.17, 15) is 0 Å². The van der Waals surface area contributed by atoms with Crippen LogP contribution < -0.4 is 4.74 Å². The second-order valence-corrected chi connectivity index (χ2v) is 7.77. The molecule has 3 aromatic rings. The van der Waals surface area contributed by atoms with Gasteiger partial charge in [0, 0.05) is 22.8 Å². The third-order valence-electron chi connectivity index (χ3n) is 3.96.